The number of aromatic nitrogens is 3. The van der Waals surface area contributed by atoms with Crippen LogP contribution in [0.1, 0.15) is 38.2 Å². The number of carbonyl (C=O) groups is 1. The number of rotatable bonds is 4. The van der Waals surface area contributed by atoms with Crippen LogP contribution < -0.4 is 16.3 Å². The van der Waals surface area contributed by atoms with Gasteiger partial charge in [0.05, 0.1) is 6.54 Å². The van der Waals surface area contributed by atoms with Gasteiger partial charge in [0.15, 0.2) is 5.65 Å². The molecule has 7 heteroatoms. The molecule has 2 N–H and O–H groups in total. The van der Waals surface area contributed by atoms with Gasteiger partial charge in [0, 0.05) is 17.9 Å². The smallest absolute Gasteiger partial charge is 0.335 e. The molecule has 146 valence electrons. The number of amides is 2. The van der Waals surface area contributed by atoms with Crippen molar-refractivity contribution >= 4 is 17.4 Å². The highest BCUT2D eigenvalue weighted by Gasteiger charge is 2.19. The van der Waals surface area contributed by atoms with Gasteiger partial charge in [-0.1, -0.05) is 25.1 Å². The zero-order valence-electron chi connectivity index (χ0n) is 16.0. The van der Waals surface area contributed by atoms with Crippen LogP contribution in [0.4, 0.5) is 10.5 Å². The Hall–Kier alpha value is -3.09. The van der Waals surface area contributed by atoms with Crippen molar-refractivity contribution in [3.05, 3.63) is 64.7 Å². The summed E-state index contributed by atoms with van der Waals surface area (Å²) in [7, 11) is 0. The number of nitrogens with zero attached hydrogens (tertiary/aromatic N) is 3. The second-order valence-corrected chi connectivity index (χ2v) is 7.62. The Morgan fingerprint density at radius 2 is 1.96 bits per heavy atom. The first kappa shape index (κ1) is 18.3. The minimum Gasteiger partial charge on any atom is -0.335 e. The van der Waals surface area contributed by atoms with Crippen molar-refractivity contribution in [2.24, 2.45) is 5.92 Å². The molecule has 0 bridgehead atoms. The van der Waals surface area contributed by atoms with E-state index in [0.717, 1.165) is 37.2 Å². The molecule has 2 heterocycles. The summed E-state index contributed by atoms with van der Waals surface area (Å²) in [5, 5.41) is 10.3. The van der Waals surface area contributed by atoms with Crippen LogP contribution in [-0.4, -0.2) is 26.3 Å². The maximum absolute atomic E-state index is 12.4. The van der Waals surface area contributed by atoms with E-state index in [0.29, 0.717) is 17.9 Å². The van der Waals surface area contributed by atoms with Crippen molar-refractivity contribution in [3.8, 4) is 0 Å². The van der Waals surface area contributed by atoms with Crippen molar-refractivity contribution in [2.45, 2.75) is 45.2 Å². The molecule has 1 aliphatic carbocycles. The zero-order valence-corrected chi connectivity index (χ0v) is 16.0. The van der Waals surface area contributed by atoms with Gasteiger partial charge >= 0.3 is 11.7 Å². The number of hydrogen-bond acceptors (Lipinski definition) is 3. The lowest BCUT2D eigenvalue weighted by molar-refractivity contribution is 0.239. The molecule has 1 aromatic carbocycles. The maximum Gasteiger partial charge on any atom is 0.350 e. The molecular weight excluding hydrogens is 354 g/mol. The van der Waals surface area contributed by atoms with E-state index in [1.165, 1.54) is 9.08 Å². The summed E-state index contributed by atoms with van der Waals surface area (Å²) < 4.78 is 2.94. The van der Waals surface area contributed by atoms with Crippen LogP contribution in [0.5, 0.6) is 0 Å². The molecule has 3 aromatic rings. The third-order valence-electron chi connectivity index (χ3n) is 5.36. The van der Waals surface area contributed by atoms with E-state index in [1.807, 2.05) is 30.3 Å². The average molecular weight is 379 g/mol. The van der Waals surface area contributed by atoms with Gasteiger partial charge in [-0.05, 0) is 61.4 Å². The Bertz CT molecular complexity index is 1030. The summed E-state index contributed by atoms with van der Waals surface area (Å²) in [6.45, 7) is 2.61. The molecule has 1 fully saturated rings. The Morgan fingerprint density at radius 1 is 1.14 bits per heavy atom. The van der Waals surface area contributed by atoms with E-state index in [1.54, 1.807) is 18.3 Å². The summed E-state index contributed by atoms with van der Waals surface area (Å²) in [5.41, 5.74) is 2.03. The number of carbonyl (C=O) groups excluding carboxylic acids is 1. The van der Waals surface area contributed by atoms with Crippen LogP contribution >= 0.6 is 0 Å². The van der Waals surface area contributed by atoms with Crippen molar-refractivity contribution in [3.63, 3.8) is 0 Å². The second-order valence-electron chi connectivity index (χ2n) is 7.62. The monoisotopic (exact) mass is 379 g/mol. The number of anilines is 1. The predicted molar refractivity (Wildman–Crippen MR) is 109 cm³/mol. The lowest BCUT2D eigenvalue weighted by Crippen LogP contribution is -2.39. The molecule has 7 nitrogen and oxygen atoms in total. The Kier molecular flexibility index (Phi) is 5.14. The molecule has 0 spiro atoms. The third kappa shape index (κ3) is 4.08. The van der Waals surface area contributed by atoms with Gasteiger partial charge in [-0.3, -0.25) is 4.40 Å². The van der Waals surface area contributed by atoms with Gasteiger partial charge in [0.25, 0.3) is 0 Å². The largest absolute Gasteiger partial charge is 0.350 e. The molecule has 1 aliphatic rings. The van der Waals surface area contributed by atoms with Gasteiger partial charge < -0.3 is 10.6 Å². The molecule has 28 heavy (non-hydrogen) atoms. The molecule has 4 rings (SSSR count). The molecule has 2 amide bonds. The van der Waals surface area contributed by atoms with E-state index >= 15 is 0 Å². The summed E-state index contributed by atoms with van der Waals surface area (Å²) in [6.07, 6.45) is 6.09. The molecular formula is C21H25N5O2. The van der Waals surface area contributed by atoms with E-state index in [2.05, 4.69) is 22.7 Å². The van der Waals surface area contributed by atoms with Gasteiger partial charge in [-0.2, -0.15) is 0 Å². The standard InChI is InChI=1S/C21H25N5O2/c1-15-8-10-17(11-9-15)22-20(27)23-18-6-4-5-16(13-18)14-26-21(28)25-12-3-2-7-19(25)24-26/h2-7,12-13,15,17H,8-11,14H2,1H3,(H2,22,23,27). The topological polar surface area (TPSA) is 80.4 Å². The highest BCUT2D eigenvalue weighted by molar-refractivity contribution is 5.89. The highest BCUT2D eigenvalue weighted by Crippen LogP contribution is 2.23. The second kappa shape index (κ2) is 7.88. The van der Waals surface area contributed by atoms with E-state index in [4.69, 9.17) is 0 Å². The van der Waals surface area contributed by atoms with Gasteiger partial charge in [-0.15, -0.1) is 5.10 Å². The number of nitrogens with one attached hydrogen (secondary N) is 2. The summed E-state index contributed by atoms with van der Waals surface area (Å²) in [5.74, 6) is 0.751. The van der Waals surface area contributed by atoms with Gasteiger partial charge in [-0.25, -0.2) is 14.3 Å². The average Bonchev–Trinajstić information content (AvgIpc) is 3.00. The highest BCUT2D eigenvalue weighted by atomic mass is 16.2. The number of pyridine rings is 1. The quantitative estimate of drug-likeness (QED) is 0.730. The SMILES string of the molecule is CC1CCC(NC(=O)Nc2cccc(Cn3nc4ccccn4c3=O)c2)CC1. The van der Waals surface area contributed by atoms with Crippen LogP contribution in [0.2, 0.25) is 0 Å². The molecule has 0 radical (unpaired) electrons. The van der Waals surface area contributed by atoms with Crippen molar-refractivity contribution in [1.29, 1.82) is 0 Å². The first-order chi connectivity index (χ1) is 13.6. The molecule has 2 aromatic heterocycles. The molecule has 0 aliphatic heterocycles. The van der Waals surface area contributed by atoms with Crippen molar-refractivity contribution < 1.29 is 4.79 Å². The van der Waals surface area contributed by atoms with Crippen molar-refractivity contribution in [2.75, 3.05) is 5.32 Å². The van der Waals surface area contributed by atoms with Gasteiger partial charge in [0.1, 0.15) is 0 Å². The van der Waals surface area contributed by atoms with Crippen LogP contribution in [-0.2, 0) is 6.54 Å². The fourth-order valence-electron chi connectivity index (χ4n) is 3.75. The summed E-state index contributed by atoms with van der Waals surface area (Å²) in [4.78, 5) is 24.7. The van der Waals surface area contributed by atoms with E-state index < -0.39 is 0 Å². The fourth-order valence-corrected chi connectivity index (χ4v) is 3.75. The lowest BCUT2D eigenvalue weighted by Gasteiger charge is -2.26. The Labute approximate surface area is 163 Å². The fraction of sp³-hybridized carbons (Fsp3) is 0.381. The van der Waals surface area contributed by atoms with Crippen LogP contribution in [0, 0.1) is 5.92 Å². The predicted octanol–water partition coefficient (Wildman–Crippen LogP) is 3.24. The minimum absolute atomic E-state index is 0.179. The Morgan fingerprint density at radius 3 is 2.75 bits per heavy atom. The first-order valence-electron chi connectivity index (χ1n) is 9.79. The molecule has 0 saturated heterocycles. The molecule has 1 saturated carbocycles. The summed E-state index contributed by atoms with van der Waals surface area (Å²) in [6, 6.07) is 13.0. The number of fused-ring (bicyclic) bond motifs is 1. The Balaban J connectivity index is 1.42. The number of benzene rings is 1. The number of urea groups is 1. The van der Waals surface area contributed by atoms with Crippen LogP contribution in [0.25, 0.3) is 5.65 Å². The van der Waals surface area contributed by atoms with Gasteiger partial charge in [0.2, 0.25) is 0 Å². The third-order valence-corrected chi connectivity index (χ3v) is 5.36. The number of hydrogen-bond donors (Lipinski definition) is 2. The van der Waals surface area contributed by atoms with Crippen LogP contribution in [0.3, 0.4) is 0 Å². The van der Waals surface area contributed by atoms with Crippen molar-refractivity contribution in [1.82, 2.24) is 19.5 Å². The minimum atomic E-state index is -0.182. The van der Waals surface area contributed by atoms with Crippen LogP contribution in [0.15, 0.2) is 53.5 Å². The van der Waals surface area contributed by atoms with E-state index in [-0.39, 0.29) is 17.8 Å². The molecule has 0 atom stereocenters. The van der Waals surface area contributed by atoms with E-state index in [9.17, 15) is 9.59 Å². The lowest BCUT2D eigenvalue weighted by atomic mass is 9.87. The maximum atomic E-state index is 12.4. The first-order valence-corrected chi connectivity index (χ1v) is 9.79. The normalized spacial score (nSPS) is 19.5. The summed E-state index contributed by atoms with van der Waals surface area (Å²) >= 11 is 0. The zero-order chi connectivity index (χ0) is 19.5. The molecule has 0 unspecified atom stereocenters.